The van der Waals surface area contributed by atoms with E-state index >= 15 is 0 Å². The van der Waals surface area contributed by atoms with Gasteiger partial charge in [-0.3, -0.25) is 9.69 Å². The minimum absolute atomic E-state index is 0.172. The molecule has 0 aromatic carbocycles. The molecule has 32 heavy (non-hydrogen) atoms. The van der Waals surface area contributed by atoms with Gasteiger partial charge >= 0.3 is 0 Å². The fourth-order valence-corrected chi connectivity index (χ4v) is 6.43. The Bertz CT molecular complexity index is 955. The van der Waals surface area contributed by atoms with Gasteiger partial charge in [-0.1, -0.05) is 32.1 Å². The second-order valence-corrected chi connectivity index (χ2v) is 10.3. The topological polar surface area (TPSA) is 62.5 Å². The number of fused-ring (bicyclic) bond motifs is 1. The van der Waals surface area contributed by atoms with Gasteiger partial charge in [-0.25, -0.2) is 9.50 Å². The fraction of sp³-hybridized carbons (Fsp3) is 0.731. The Morgan fingerprint density at radius 1 is 1.03 bits per heavy atom. The van der Waals surface area contributed by atoms with Crippen molar-refractivity contribution in [1.29, 1.82) is 0 Å². The van der Waals surface area contributed by atoms with Gasteiger partial charge in [0.2, 0.25) is 5.91 Å². The van der Waals surface area contributed by atoms with Crippen LogP contribution in [0.15, 0.2) is 6.07 Å². The van der Waals surface area contributed by atoms with Gasteiger partial charge in [0.25, 0.3) is 0 Å². The van der Waals surface area contributed by atoms with E-state index in [1.54, 1.807) is 0 Å². The molecule has 2 aromatic heterocycles. The Morgan fingerprint density at radius 2 is 1.78 bits per heavy atom. The van der Waals surface area contributed by atoms with E-state index in [4.69, 9.17) is 10.1 Å². The molecule has 1 aliphatic heterocycles. The lowest BCUT2D eigenvalue weighted by Gasteiger charge is -2.34. The SMILES string of the molecule is Cc1nc2cc([C@H]3CCCN3C3CCCCC3)nn2c(C)c1CCC(=O)NC1CCCC1. The van der Waals surface area contributed by atoms with Gasteiger partial charge in [0.15, 0.2) is 5.65 Å². The minimum atomic E-state index is 0.172. The first-order chi connectivity index (χ1) is 15.6. The van der Waals surface area contributed by atoms with Gasteiger partial charge in [0.05, 0.1) is 11.7 Å². The minimum Gasteiger partial charge on any atom is -0.353 e. The molecule has 3 heterocycles. The number of carbonyl (C=O) groups is 1. The van der Waals surface area contributed by atoms with Crippen LogP contribution >= 0.6 is 0 Å². The van der Waals surface area contributed by atoms with E-state index in [9.17, 15) is 4.79 Å². The molecule has 6 nitrogen and oxygen atoms in total. The third-order valence-corrected chi connectivity index (χ3v) is 8.18. The monoisotopic (exact) mass is 437 g/mol. The van der Waals surface area contributed by atoms with Crippen LogP contribution in [-0.4, -0.2) is 44.0 Å². The summed E-state index contributed by atoms with van der Waals surface area (Å²) in [5.74, 6) is 0.172. The quantitative estimate of drug-likeness (QED) is 0.705. The second-order valence-electron chi connectivity index (χ2n) is 10.3. The molecule has 2 aromatic rings. The van der Waals surface area contributed by atoms with E-state index in [1.165, 1.54) is 75.6 Å². The van der Waals surface area contributed by atoms with Crippen molar-refractivity contribution in [3.8, 4) is 0 Å². The number of aryl methyl sites for hydroxylation is 2. The van der Waals surface area contributed by atoms with Crippen molar-refractivity contribution in [3.63, 3.8) is 0 Å². The van der Waals surface area contributed by atoms with Gasteiger partial charge in [-0.2, -0.15) is 5.10 Å². The summed E-state index contributed by atoms with van der Waals surface area (Å²) < 4.78 is 2.03. The molecule has 0 bridgehead atoms. The number of nitrogens with zero attached hydrogens (tertiary/aromatic N) is 4. The van der Waals surface area contributed by atoms with Crippen LogP contribution in [0.5, 0.6) is 0 Å². The lowest BCUT2D eigenvalue weighted by Crippen LogP contribution is -2.36. The normalized spacial score (nSPS) is 23.4. The average molecular weight is 438 g/mol. The maximum absolute atomic E-state index is 12.5. The summed E-state index contributed by atoms with van der Waals surface area (Å²) in [6.45, 7) is 5.42. The summed E-state index contributed by atoms with van der Waals surface area (Å²) in [4.78, 5) is 20.1. The highest BCUT2D eigenvalue weighted by Gasteiger charge is 2.34. The molecular formula is C26H39N5O. The Labute approximate surface area is 192 Å². The number of carbonyl (C=O) groups excluding carboxylic acids is 1. The van der Waals surface area contributed by atoms with Crippen LogP contribution < -0.4 is 5.32 Å². The van der Waals surface area contributed by atoms with Crippen molar-refractivity contribution in [1.82, 2.24) is 24.8 Å². The molecule has 174 valence electrons. The van der Waals surface area contributed by atoms with E-state index in [0.29, 0.717) is 18.5 Å². The number of hydrogen-bond acceptors (Lipinski definition) is 4. The molecule has 5 rings (SSSR count). The van der Waals surface area contributed by atoms with Crippen molar-refractivity contribution in [3.05, 3.63) is 28.7 Å². The zero-order chi connectivity index (χ0) is 22.1. The standard InChI is InChI=1S/C26H39N5O/c1-18-22(14-15-26(32)28-20-9-6-7-10-20)19(2)31-25(27-18)17-23(29-31)24-13-8-16-30(24)21-11-4-3-5-12-21/h17,20-21,24H,3-16H2,1-2H3,(H,28,32)/t24-/m1/s1. The highest BCUT2D eigenvalue weighted by molar-refractivity contribution is 5.76. The molecule has 0 radical (unpaired) electrons. The summed E-state index contributed by atoms with van der Waals surface area (Å²) >= 11 is 0. The Balaban J connectivity index is 1.32. The number of hydrogen-bond donors (Lipinski definition) is 1. The number of rotatable bonds is 6. The maximum Gasteiger partial charge on any atom is 0.220 e. The van der Waals surface area contributed by atoms with Crippen molar-refractivity contribution < 1.29 is 4.79 Å². The molecule has 2 saturated carbocycles. The van der Waals surface area contributed by atoms with E-state index in [1.807, 2.05) is 4.52 Å². The van der Waals surface area contributed by atoms with Crippen molar-refractivity contribution in [2.45, 2.75) is 115 Å². The summed E-state index contributed by atoms with van der Waals surface area (Å²) in [6, 6.07) is 3.76. The molecule has 1 N–H and O–H groups in total. The molecule has 3 fully saturated rings. The second kappa shape index (κ2) is 9.50. The maximum atomic E-state index is 12.5. The van der Waals surface area contributed by atoms with E-state index in [0.717, 1.165) is 42.3 Å². The number of likely N-dealkylation sites (tertiary alicyclic amines) is 1. The smallest absolute Gasteiger partial charge is 0.220 e. The predicted octanol–water partition coefficient (Wildman–Crippen LogP) is 4.81. The lowest BCUT2D eigenvalue weighted by atomic mass is 9.93. The third kappa shape index (κ3) is 4.43. The summed E-state index contributed by atoms with van der Waals surface area (Å²) in [7, 11) is 0. The van der Waals surface area contributed by atoms with Crippen LogP contribution in [0, 0.1) is 13.8 Å². The molecule has 0 spiro atoms. The molecule has 1 atom stereocenters. The lowest BCUT2D eigenvalue weighted by molar-refractivity contribution is -0.121. The van der Waals surface area contributed by atoms with E-state index in [-0.39, 0.29) is 5.91 Å². The predicted molar refractivity (Wildman–Crippen MR) is 127 cm³/mol. The number of amides is 1. The van der Waals surface area contributed by atoms with Crippen LogP contribution in [0.2, 0.25) is 0 Å². The number of aromatic nitrogens is 3. The molecule has 3 aliphatic rings. The molecule has 0 unspecified atom stereocenters. The Kier molecular flexibility index (Phi) is 6.49. The summed E-state index contributed by atoms with van der Waals surface area (Å²) in [5, 5.41) is 8.28. The van der Waals surface area contributed by atoms with Gasteiger partial charge in [-0.05, 0) is 70.9 Å². The van der Waals surface area contributed by atoms with Gasteiger partial charge in [0, 0.05) is 36.0 Å². The molecular weight excluding hydrogens is 398 g/mol. The van der Waals surface area contributed by atoms with Gasteiger partial charge in [-0.15, -0.1) is 0 Å². The van der Waals surface area contributed by atoms with Gasteiger partial charge < -0.3 is 5.32 Å². The van der Waals surface area contributed by atoms with Crippen LogP contribution in [0.4, 0.5) is 0 Å². The molecule has 1 saturated heterocycles. The van der Waals surface area contributed by atoms with Crippen molar-refractivity contribution in [2.24, 2.45) is 0 Å². The van der Waals surface area contributed by atoms with Crippen LogP contribution in [0.1, 0.15) is 106 Å². The highest BCUT2D eigenvalue weighted by atomic mass is 16.1. The van der Waals surface area contributed by atoms with E-state index in [2.05, 4.69) is 30.1 Å². The van der Waals surface area contributed by atoms with Crippen LogP contribution in [-0.2, 0) is 11.2 Å². The summed E-state index contributed by atoms with van der Waals surface area (Å²) in [6.07, 6.45) is 15.3. The largest absolute Gasteiger partial charge is 0.353 e. The zero-order valence-corrected chi connectivity index (χ0v) is 19.9. The van der Waals surface area contributed by atoms with Crippen molar-refractivity contribution >= 4 is 11.6 Å². The average Bonchev–Trinajstić information content (AvgIpc) is 3.54. The summed E-state index contributed by atoms with van der Waals surface area (Å²) in [5.41, 5.74) is 5.47. The first-order valence-corrected chi connectivity index (χ1v) is 13.0. The Hall–Kier alpha value is -1.95. The Morgan fingerprint density at radius 3 is 2.56 bits per heavy atom. The number of nitrogens with one attached hydrogen (secondary N) is 1. The first-order valence-electron chi connectivity index (χ1n) is 13.0. The van der Waals surface area contributed by atoms with E-state index < -0.39 is 0 Å². The van der Waals surface area contributed by atoms with Crippen LogP contribution in [0.3, 0.4) is 0 Å². The van der Waals surface area contributed by atoms with Crippen molar-refractivity contribution in [2.75, 3.05) is 6.54 Å². The zero-order valence-electron chi connectivity index (χ0n) is 19.9. The first kappa shape index (κ1) is 21.9. The van der Waals surface area contributed by atoms with Gasteiger partial charge in [0.1, 0.15) is 0 Å². The highest BCUT2D eigenvalue weighted by Crippen LogP contribution is 2.37. The molecule has 2 aliphatic carbocycles. The fourth-order valence-electron chi connectivity index (χ4n) is 6.43. The molecule has 1 amide bonds. The third-order valence-electron chi connectivity index (χ3n) is 8.18. The molecule has 6 heteroatoms. The van der Waals surface area contributed by atoms with Crippen LogP contribution in [0.25, 0.3) is 5.65 Å².